The molecular formula is C15H23N3O3. The first-order valence-electron chi connectivity index (χ1n) is 7.33. The van der Waals surface area contributed by atoms with Gasteiger partial charge >= 0.3 is 0 Å². The maximum Gasteiger partial charge on any atom is 0.253 e. The normalized spacial score (nSPS) is 19.4. The Balaban J connectivity index is 1.73. The minimum absolute atomic E-state index is 0.0247. The summed E-state index contributed by atoms with van der Waals surface area (Å²) in [6.45, 7) is 3.12. The average molecular weight is 293 g/mol. The number of β-amino-alcohol motifs (C(OH)–C–C–N with tert-alkyl or cyclic N) is 1. The SMILES string of the molecule is Nc1ccc(O)cc1C(=O)NCCCN1CCCC(O)C1. The Morgan fingerprint density at radius 3 is 3.05 bits per heavy atom. The van der Waals surface area contributed by atoms with Crippen molar-refractivity contribution in [2.24, 2.45) is 0 Å². The molecule has 1 aromatic carbocycles. The second-order valence-electron chi connectivity index (χ2n) is 5.48. The molecule has 1 fully saturated rings. The molecule has 116 valence electrons. The van der Waals surface area contributed by atoms with Crippen molar-refractivity contribution in [1.82, 2.24) is 10.2 Å². The first kappa shape index (κ1) is 15.6. The van der Waals surface area contributed by atoms with Crippen LogP contribution in [0.2, 0.25) is 0 Å². The van der Waals surface area contributed by atoms with Gasteiger partial charge < -0.3 is 26.2 Å². The fraction of sp³-hybridized carbons (Fsp3) is 0.533. The van der Waals surface area contributed by atoms with Crippen molar-refractivity contribution in [3.05, 3.63) is 23.8 Å². The number of piperidine rings is 1. The molecule has 5 N–H and O–H groups in total. The molecule has 1 saturated heterocycles. The first-order chi connectivity index (χ1) is 10.1. The number of nitrogen functional groups attached to an aromatic ring is 1. The second-order valence-corrected chi connectivity index (χ2v) is 5.48. The van der Waals surface area contributed by atoms with Gasteiger partial charge in [-0.2, -0.15) is 0 Å². The number of nitrogens with zero attached hydrogens (tertiary/aromatic N) is 1. The standard InChI is InChI=1S/C15H23N3O3/c16-14-5-4-11(19)9-13(14)15(21)17-6-2-8-18-7-1-3-12(20)10-18/h4-5,9,12,19-20H,1-3,6-8,10,16H2,(H,17,21). The number of aromatic hydroxyl groups is 1. The third-order valence-electron chi connectivity index (χ3n) is 3.70. The number of carbonyl (C=O) groups is 1. The van der Waals surface area contributed by atoms with Crippen LogP contribution in [0, 0.1) is 0 Å². The fourth-order valence-corrected chi connectivity index (χ4v) is 2.57. The van der Waals surface area contributed by atoms with Gasteiger partial charge in [0, 0.05) is 18.8 Å². The highest BCUT2D eigenvalue weighted by Crippen LogP contribution is 2.18. The number of phenolic OH excluding ortho intramolecular Hbond substituents is 1. The van der Waals surface area contributed by atoms with Gasteiger partial charge in [-0.3, -0.25) is 4.79 Å². The van der Waals surface area contributed by atoms with Crippen molar-refractivity contribution in [2.75, 3.05) is 31.9 Å². The molecule has 21 heavy (non-hydrogen) atoms. The second kappa shape index (κ2) is 7.28. The Labute approximate surface area is 124 Å². The van der Waals surface area contributed by atoms with E-state index in [2.05, 4.69) is 10.2 Å². The predicted octanol–water partition coefficient (Wildman–Crippen LogP) is 0.551. The molecule has 0 aliphatic carbocycles. The molecule has 0 radical (unpaired) electrons. The van der Waals surface area contributed by atoms with Crippen LogP contribution in [-0.2, 0) is 0 Å². The van der Waals surface area contributed by atoms with Crippen molar-refractivity contribution >= 4 is 11.6 Å². The van der Waals surface area contributed by atoms with Gasteiger partial charge in [0.25, 0.3) is 5.91 Å². The molecule has 0 aromatic heterocycles. The number of carbonyl (C=O) groups excluding carboxylic acids is 1. The highest BCUT2D eigenvalue weighted by molar-refractivity contribution is 5.99. The van der Waals surface area contributed by atoms with E-state index < -0.39 is 0 Å². The third-order valence-corrected chi connectivity index (χ3v) is 3.70. The number of phenols is 1. The molecule has 1 aromatic rings. The summed E-state index contributed by atoms with van der Waals surface area (Å²) in [5.74, 6) is -0.251. The van der Waals surface area contributed by atoms with Crippen LogP contribution in [0.25, 0.3) is 0 Å². The van der Waals surface area contributed by atoms with Crippen LogP contribution in [0.15, 0.2) is 18.2 Å². The van der Waals surface area contributed by atoms with Crippen LogP contribution in [0.3, 0.4) is 0 Å². The lowest BCUT2D eigenvalue weighted by molar-refractivity contribution is 0.0697. The summed E-state index contributed by atoms with van der Waals surface area (Å²) in [6.07, 6.45) is 2.49. The van der Waals surface area contributed by atoms with Gasteiger partial charge in [0.2, 0.25) is 0 Å². The van der Waals surface area contributed by atoms with E-state index in [9.17, 15) is 15.0 Å². The van der Waals surface area contributed by atoms with Crippen molar-refractivity contribution < 1.29 is 15.0 Å². The zero-order valence-corrected chi connectivity index (χ0v) is 12.1. The smallest absolute Gasteiger partial charge is 0.253 e. The molecule has 0 saturated carbocycles. The summed E-state index contributed by atoms with van der Waals surface area (Å²) in [6, 6.07) is 4.33. The van der Waals surface area contributed by atoms with E-state index in [0.717, 1.165) is 32.4 Å². The molecule has 0 spiro atoms. The van der Waals surface area contributed by atoms with E-state index in [1.165, 1.54) is 18.2 Å². The van der Waals surface area contributed by atoms with Crippen molar-refractivity contribution in [1.29, 1.82) is 0 Å². The van der Waals surface area contributed by atoms with Crippen LogP contribution >= 0.6 is 0 Å². The summed E-state index contributed by atoms with van der Waals surface area (Å²) in [5, 5.41) is 21.8. The fourth-order valence-electron chi connectivity index (χ4n) is 2.57. The summed E-state index contributed by atoms with van der Waals surface area (Å²) < 4.78 is 0. The van der Waals surface area contributed by atoms with Crippen molar-refractivity contribution in [3.8, 4) is 5.75 Å². The molecule has 1 unspecified atom stereocenters. The highest BCUT2D eigenvalue weighted by atomic mass is 16.3. The lowest BCUT2D eigenvalue weighted by Gasteiger charge is -2.29. The van der Waals surface area contributed by atoms with Gasteiger partial charge in [-0.15, -0.1) is 0 Å². The Morgan fingerprint density at radius 2 is 2.29 bits per heavy atom. The number of rotatable bonds is 5. The molecule has 1 aliphatic rings. The van der Waals surface area contributed by atoms with Crippen LogP contribution in [0.5, 0.6) is 5.75 Å². The maximum absolute atomic E-state index is 12.0. The van der Waals surface area contributed by atoms with Gasteiger partial charge in [-0.05, 0) is 50.6 Å². The first-order valence-corrected chi connectivity index (χ1v) is 7.33. The quantitative estimate of drug-likeness (QED) is 0.361. The summed E-state index contributed by atoms with van der Waals surface area (Å²) >= 11 is 0. The summed E-state index contributed by atoms with van der Waals surface area (Å²) in [7, 11) is 0. The molecule has 0 bridgehead atoms. The van der Waals surface area contributed by atoms with Gasteiger partial charge in [0.05, 0.1) is 11.7 Å². The number of aliphatic hydroxyl groups is 1. The Hall–Kier alpha value is -1.79. The topological polar surface area (TPSA) is 98.8 Å². The zero-order chi connectivity index (χ0) is 15.2. The summed E-state index contributed by atoms with van der Waals surface area (Å²) in [4.78, 5) is 14.2. The Morgan fingerprint density at radius 1 is 1.48 bits per heavy atom. The molecule has 1 aliphatic heterocycles. The van der Waals surface area contributed by atoms with Crippen LogP contribution in [0.4, 0.5) is 5.69 Å². The lowest BCUT2D eigenvalue weighted by Crippen LogP contribution is -2.39. The molecule has 1 amide bonds. The van der Waals surface area contributed by atoms with E-state index >= 15 is 0 Å². The largest absolute Gasteiger partial charge is 0.508 e. The van der Waals surface area contributed by atoms with E-state index in [1.54, 1.807) is 0 Å². The molecule has 6 heteroatoms. The van der Waals surface area contributed by atoms with E-state index in [0.29, 0.717) is 24.3 Å². The number of benzene rings is 1. The lowest BCUT2D eigenvalue weighted by atomic mass is 10.1. The number of hydrogen-bond acceptors (Lipinski definition) is 5. The monoisotopic (exact) mass is 293 g/mol. The minimum Gasteiger partial charge on any atom is -0.508 e. The van der Waals surface area contributed by atoms with Gasteiger partial charge in [0.1, 0.15) is 5.75 Å². The number of aliphatic hydroxyl groups excluding tert-OH is 1. The Kier molecular flexibility index (Phi) is 5.41. The van der Waals surface area contributed by atoms with E-state index in [-0.39, 0.29) is 17.8 Å². The van der Waals surface area contributed by atoms with Gasteiger partial charge in [-0.25, -0.2) is 0 Å². The van der Waals surface area contributed by atoms with Gasteiger partial charge in [-0.1, -0.05) is 0 Å². The summed E-state index contributed by atoms with van der Waals surface area (Å²) in [5.41, 5.74) is 6.36. The van der Waals surface area contributed by atoms with Crippen molar-refractivity contribution in [3.63, 3.8) is 0 Å². The number of nitrogens with two attached hydrogens (primary N) is 1. The Bertz CT molecular complexity index is 493. The number of amides is 1. The maximum atomic E-state index is 12.0. The molecule has 1 atom stereocenters. The van der Waals surface area contributed by atoms with Crippen LogP contribution in [-0.4, -0.2) is 53.3 Å². The molecule has 2 rings (SSSR count). The number of likely N-dealkylation sites (tertiary alicyclic amines) is 1. The van der Waals surface area contributed by atoms with Gasteiger partial charge in [0.15, 0.2) is 0 Å². The average Bonchev–Trinajstić information content (AvgIpc) is 2.46. The van der Waals surface area contributed by atoms with Crippen LogP contribution in [0.1, 0.15) is 29.6 Å². The van der Waals surface area contributed by atoms with Crippen LogP contribution < -0.4 is 11.1 Å². The predicted molar refractivity (Wildman–Crippen MR) is 81.2 cm³/mol. The number of anilines is 1. The van der Waals surface area contributed by atoms with E-state index in [1.807, 2.05) is 0 Å². The number of hydrogen-bond donors (Lipinski definition) is 4. The third kappa shape index (κ3) is 4.61. The molecular weight excluding hydrogens is 270 g/mol. The minimum atomic E-state index is -0.276. The van der Waals surface area contributed by atoms with Crippen molar-refractivity contribution in [2.45, 2.75) is 25.4 Å². The zero-order valence-electron chi connectivity index (χ0n) is 12.1. The highest BCUT2D eigenvalue weighted by Gasteiger charge is 2.17. The molecule has 1 heterocycles. The number of nitrogens with one attached hydrogen (secondary N) is 1. The van der Waals surface area contributed by atoms with E-state index in [4.69, 9.17) is 5.73 Å². The molecule has 6 nitrogen and oxygen atoms in total.